The molecule has 21 heavy (non-hydrogen) atoms. The maximum Gasteiger partial charge on any atom is 0.224 e. The average Bonchev–Trinajstić information content (AvgIpc) is 3.25. The molecule has 0 fully saturated rings. The van der Waals surface area contributed by atoms with Crippen LogP contribution >= 0.6 is 0 Å². The summed E-state index contributed by atoms with van der Waals surface area (Å²) in [6.45, 7) is 0. The van der Waals surface area contributed by atoms with E-state index in [0.717, 1.165) is 28.6 Å². The molecule has 0 radical (unpaired) electrons. The highest BCUT2D eigenvalue weighted by atomic mass is 15.3. The Morgan fingerprint density at radius 3 is 2.14 bits per heavy atom. The molecule has 0 saturated heterocycles. The summed E-state index contributed by atoms with van der Waals surface area (Å²) in [5, 5.41) is 0. The van der Waals surface area contributed by atoms with Crippen molar-refractivity contribution in [1.82, 2.24) is 33.1 Å². The SMILES string of the molecule is c1cc(-c2cnc3n4ccnc4n4ccnc4n23)ccn1. The highest BCUT2D eigenvalue weighted by Crippen LogP contribution is 2.22. The van der Waals surface area contributed by atoms with Crippen molar-refractivity contribution in [2.45, 2.75) is 0 Å². The molecule has 5 aromatic rings. The van der Waals surface area contributed by atoms with Crippen molar-refractivity contribution in [2.75, 3.05) is 0 Å². The van der Waals surface area contributed by atoms with Crippen LogP contribution in [0.15, 0.2) is 55.5 Å². The fourth-order valence-corrected chi connectivity index (χ4v) is 2.68. The Morgan fingerprint density at radius 2 is 1.38 bits per heavy atom. The second-order valence-corrected chi connectivity index (χ2v) is 4.71. The smallest absolute Gasteiger partial charge is 0.224 e. The maximum absolute atomic E-state index is 4.54. The Morgan fingerprint density at radius 1 is 0.714 bits per heavy atom. The van der Waals surface area contributed by atoms with Crippen LogP contribution in [0, 0.1) is 0 Å². The molecule has 0 N–H and O–H groups in total. The number of pyridine rings is 1. The molecule has 5 rings (SSSR count). The van der Waals surface area contributed by atoms with Gasteiger partial charge in [0, 0.05) is 42.7 Å². The predicted molar refractivity (Wildman–Crippen MR) is 75.9 cm³/mol. The summed E-state index contributed by atoms with van der Waals surface area (Å²) in [5.74, 6) is 2.36. The third-order valence-electron chi connectivity index (χ3n) is 3.59. The lowest BCUT2D eigenvalue weighted by Gasteiger charge is -2.06. The number of aromatic nitrogens is 7. The van der Waals surface area contributed by atoms with Crippen molar-refractivity contribution in [3.05, 3.63) is 55.5 Å². The molecule has 0 aliphatic carbocycles. The van der Waals surface area contributed by atoms with Crippen LogP contribution in [0.2, 0.25) is 0 Å². The van der Waals surface area contributed by atoms with Gasteiger partial charge in [-0.2, -0.15) is 0 Å². The first-order valence-corrected chi connectivity index (χ1v) is 6.49. The average molecular weight is 275 g/mol. The fraction of sp³-hybridized carbons (Fsp3) is 0. The van der Waals surface area contributed by atoms with Gasteiger partial charge in [0.15, 0.2) is 0 Å². The molecule has 5 aromatic heterocycles. The van der Waals surface area contributed by atoms with Crippen LogP contribution in [-0.4, -0.2) is 33.1 Å². The molecule has 0 aliphatic rings. The van der Waals surface area contributed by atoms with Crippen LogP contribution in [0.5, 0.6) is 0 Å². The number of fused-ring (bicyclic) bond motifs is 6. The van der Waals surface area contributed by atoms with E-state index in [2.05, 4.69) is 19.9 Å². The van der Waals surface area contributed by atoms with Gasteiger partial charge in [0.05, 0.1) is 11.9 Å². The molecule has 7 nitrogen and oxygen atoms in total. The monoisotopic (exact) mass is 275 g/mol. The third kappa shape index (κ3) is 1.27. The van der Waals surface area contributed by atoms with E-state index in [0.29, 0.717) is 0 Å². The summed E-state index contributed by atoms with van der Waals surface area (Å²) in [7, 11) is 0. The second-order valence-electron chi connectivity index (χ2n) is 4.71. The molecule has 7 heteroatoms. The molecule has 0 amide bonds. The molecular formula is C14H9N7. The van der Waals surface area contributed by atoms with Crippen LogP contribution in [0.3, 0.4) is 0 Å². The van der Waals surface area contributed by atoms with E-state index in [1.807, 2.05) is 43.9 Å². The van der Waals surface area contributed by atoms with Crippen LogP contribution in [0.1, 0.15) is 0 Å². The number of nitrogens with zero attached hydrogens (tertiary/aromatic N) is 7. The standard InChI is InChI=1S/C14H9N7/c1-3-15-4-2-10(1)11-9-18-14-20-7-5-16-12(20)19-8-6-17-13(19)21(11)14/h1-9H. The van der Waals surface area contributed by atoms with E-state index in [9.17, 15) is 0 Å². The lowest BCUT2D eigenvalue weighted by atomic mass is 10.2. The maximum atomic E-state index is 4.54. The molecule has 0 unspecified atom stereocenters. The topological polar surface area (TPSA) is 64.8 Å². The van der Waals surface area contributed by atoms with Gasteiger partial charge in [-0.05, 0) is 12.1 Å². The minimum Gasteiger partial charge on any atom is -0.265 e. The van der Waals surface area contributed by atoms with Gasteiger partial charge >= 0.3 is 0 Å². The third-order valence-corrected chi connectivity index (χ3v) is 3.59. The van der Waals surface area contributed by atoms with Gasteiger partial charge in [0.1, 0.15) is 0 Å². The fourth-order valence-electron chi connectivity index (χ4n) is 2.68. The Kier molecular flexibility index (Phi) is 1.84. The van der Waals surface area contributed by atoms with Gasteiger partial charge in [0.25, 0.3) is 0 Å². The van der Waals surface area contributed by atoms with E-state index in [-0.39, 0.29) is 0 Å². The van der Waals surface area contributed by atoms with Gasteiger partial charge in [0.2, 0.25) is 17.3 Å². The zero-order chi connectivity index (χ0) is 13.8. The molecule has 0 aromatic carbocycles. The van der Waals surface area contributed by atoms with Gasteiger partial charge in [-0.25, -0.2) is 19.4 Å². The summed E-state index contributed by atoms with van der Waals surface area (Å²) in [6, 6.07) is 3.92. The van der Waals surface area contributed by atoms with Crippen LogP contribution in [0.4, 0.5) is 0 Å². The van der Waals surface area contributed by atoms with Crippen molar-refractivity contribution in [3.63, 3.8) is 0 Å². The van der Waals surface area contributed by atoms with Gasteiger partial charge < -0.3 is 0 Å². The predicted octanol–water partition coefficient (Wildman–Crippen LogP) is 1.69. The van der Waals surface area contributed by atoms with Crippen LogP contribution < -0.4 is 0 Å². The number of hydrogen-bond acceptors (Lipinski definition) is 4. The van der Waals surface area contributed by atoms with Gasteiger partial charge in [-0.1, -0.05) is 0 Å². The summed E-state index contributed by atoms with van der Waals surface area (Å²) >= 11 is 0. The summed E-state index contributed by atoms with van der Waals surface area (Å²) < 4.78 is 5.91. The number of imidazole rings is 3. The molecule has 5 heterocycles. The molecule has 0 saturated carbocycles. The first-order chi connectivity index (χ1) is 10.4. The van der Waals surface area contributed by atoms with Crippen molar-refractivity contribution in [1.29, 1.82) is 0 Å². The largest absolute Gasteiger partial charge is 0.265 e. The Labute approximate surface area is 118 Å². The number of hydrogen-bond donors (Lipinski definition) is 0. The Hall–Kier alpha value is -3.22. The lowest BCUT2D eigenvalue weighted by Crippen LogP contribution is -2.04. The van der Waals surface area contributed by atoms with E-state index in [1.165, 1.54) is 0 Å². The minimum absolute atomic E-state index is 0.785. The summed E-state index contributed by atoms with van der Waals surface area (Å²) in [4.78, 5) is 17.4. The van der Waals surface area contributed by atoms with E-state index >= 15 is 0 Å². The highest BCUT2D eigenvalue weighted by Gasteiger charge is 2.15. The van der Waals surface area contributed by atoms with Gasteiger partial charge in [-0.3, -0.25) is 13.8 Å². The molecule has 0 bridgehead atoms. The molecule has 0 atom stereocenters. The highest BCUT2D eigenvalue weighted by molar-refractivity contribution is 5.67. The zero-order valence-electron chi connectivity index (χ0n) is 10.8. The van der Waals surface area contributed by atoms with Crippen molar-refractivity contribution >= 4 is 17.3 Å². The van der Waals surface area contributed by atoms with E-state index < -0.39 is 0 Å². The van der Waals surface area contributed by atoms with E-state index in [1.54, 1.807) is 24.8 Å². The van der Waals surface area contributed by atoms with Crippen LogP contribution in [0.25, 0.3) is 28.6 Å². The second kappa shape index (κ2) is 3.66. The summed E-state index contributed by atoms with van der Waals surface area (Å²) in [5.41, 5.74) is 2.01. The van der Waals surface area contributed by atoms with Crippen molar-refractivity contribution in [2.24, 2.45) is 0 Å². The minimum atomic E-state index is 0.785. The normalized spacial score (nSPS) is 11.8. The zero-order valence-corrected chi connectivity index (χ0v) is 10.8. The Bertz CT molecular complexity index is 1050. The first kappa shape index (κ1) is 10.6. The molecule has 100 valence electrons. The van der Waals surface area contributed by atoms with Crippen LogP contribution in [-0.2, 0) is 0 Å². The van der Waals surface area contributed by atoms with Gasteiger partial charge in [-0.15, -0.1) is 0 Å². The summed E-state index contributed by atoms with van der Waals surface area (Å²) in [6.07, 6.45) is 12.7. The first-order valence-electron chi connectivity index (χ1n) is 6.49. The van der Waals surface area contributed by atoms with E-state index in [4.69, 9.17) is 0 Å². The number of rotatable bonds is 1. The lowest BCUT2D eigenvalue weighted by molar-refractivity contribution is 0.980. The molecular weight excluding hydrogens is 266 g/mol. The molecule has 0 aliphatic heterocycles. The Balaban J connectivity index is 2.05. The quantitative estimate of drug-likeness (QED) is 0.467. The molecule has 0 spiro atoms. The van der Waals surface area contributed by atoms with Crippen molar-refractivity contribution < 1.29 is 0 Å². The van der Waals surface area contributed by atoms with Crippen molar-refractivity contribution in [3.8, 4) is 11.3 Å².